The number of nitrogens with one attached hydrogen (secondary N) is 2. The van der Waals surface area contributed by atoms with Crippen LogP contribution in [0.1, 0.15) is 24.8 Å². The lowest BCUT2D eigenvalue weighted by molar-refractivity contribution is 0.180. The molecule has 0 aromatic heterocycles. The molecule has 2 atom stereocenters. The molecule has 0 spiro atoms. The standard InChI is InChI=1S/C17H23N3O3S/c1-18-24(22,23)10-9-19-17(21)20-15-7-8-16(20)12-14(11-15)13-5-3-2-4-6-13/h2-6,11,15-16,18H,7-10,12H2,1H3,(H,19,21)/t15-,16-/m1/s1. The van der Waals surface area contributed by atoms with Crippen LogP contribution in [0, 0.1) is 0 Å². The molecule has 1 fully saturated rings. The van der Waals surface area contributed by atoms with Crippen molar-refractivity contribution in [3.05, 3.63) is 42.0 Å². The van der Waals surface area contributed by atoms with E-state index in [1.807, 2.05) is 23.1 Å². The molecule has 1 saturated heterocycles. The third-order valence-electron chi connectivity index (χ3n) is 4.73. The molecule has 2 bridgehead atoms. The van der Waals surface area contributed by atoms with Gasteiger partial charge in [0.25, 0.3) is 0 Å². The first-order valence-corrected chi connectivity index (χ1v) is 9.89. The molecular weight excluding hydrogens is 326 g/mol. The molecule has 2 amide bonds. The molecule has 2 N–H and O–H groups in total. The first kappa shape index (κ1) is 17.0. The summed E-state index contributed by atoms with van der Waals surface area (Å²) >= 11 is 0. The Hall–Kier alpha value is -1.86. The monoisotopic (exact) mass is 349 g/mol. The number of sulfonamides is 1. The van der Waals surface area contributed by atoms with Crippen LogP contribution in [0.5, 0.6) is 0 Å². The van der Waals surface area contributed by atoms with Crippen LogP contribution in [-0.4, -0.2) is 50.8 Å². The average molecular weight is 349 g/mol. The second kappa shape index (κ2) is 6.94. The summed E-state index contributed by atoms with van der Waals surface area (Å²) < 4.78 is 25.1. The maximum absolute atomic E-state index is 12.4. The molecule has 0 unspecified atom stereocenters. The molecular formula is C17H23N3O3S. The summed E-state index contributed by atoms with van der Waals surface area (Å²) in [5.74, 6) is -0.108. The van der Waals surface area contributed by atoms with E-state index in [1.54, 1.807) is 0 Å². The summed E-state index contributed by atoms with van der Waals surface area (Å²) in [5.41, 5.74) is 2.51. The van der Waals surface area contributed by atoms with Crippen LogP contribution in [0.2, 0.25) is 0 Å². The maximum Gasteiger partial charge on any atom is 0.318 e. The Kier molecular flexibility index (Phi) is 4.91. The van der Waals surface area contributed by atoms with Crippen LogP contribution in [0.3, 0.4) is 0 Å². The third kappa shape index (κ3) is 3.62. The third-order valence-corrected chi connectivity index (χ3v) is 6.10. The van der Waals surface area contributed by atoms with Gasteiger partial charge in [-0.1, -0.05) is 36.4 Å². The van der Waals surface area contributed by atoms with Crippen molar-refractivity contribution in [2.24, 2.45) is 0 Å². The first-order valence-electron chi connectivity index (χ1n) is 8.23. The van der Waals surface area contributed by atoms with Crippen LogP contribution in [0.15, 0.2) is 36.4 Å². The van der Waals surface area contributed by atoms with E-state index >= 15 is 0 Å². The van der Waals surface area contributed by atoms with Gasteiger partial charge in [0.05, 0.1) is 11.8 Å². The molecule has 1 aromatic carbocycles. The SMILES string of the molecule is CNS(=O)(=O)CCNC(=O)N1[C@@H]2CC[C@@H]1C=C(c1ccccc1)C2. The fourth-order valence-electron chi connectivity index (χ4n) is 3.50. The van der Waals surface area contributed by atoms with Gasteiger partial charge in [0.1, 0.15) is 0 Å². The molecule has 2 heterocycles. The molecule has 130 valence electrons. The topological polar surface area (TPSA) is 78.5 Å². The predicted molar refractivity (Wildman–Crippen MR) is 93.9 cm³/mol. The molecule has 0 saturated carbocycles. The minimum Gasteiger partial charge on any atom is -0.337 e. The number of hydrogen-bond donors (Lipinski definition) is 2. The van der Waals surface area contributed by atoms with E-state index < -0.39 is 10.0 Å². The summed E-state index contributed by atoms with van der Waals surface area (Å²) in [6.45, 7) is 0.118. The van der Waals surface area contributed by atoms with Crippen molar-refractivity contribution in [2.75, 3.05) is 19.3 Å². The van der Waals surface area contributed by atoms with Crippen LogP contribution in [0.25, 0.3) is 5.57 Å². The van der Waals surface area contributed by atoms with Gasteiger partial charge in [0, 0.05) is 12.6 Å². The van der Waals surface area contributed by atoms with E-state index in [4.69, 9.17) is 0 Å². The van der Waals surface area contributed by atoms with E-state index in [2.05, 4.69) is 28.2 Å². The number of benzene rings is 1. The van der Waals surface area contributed by atoms with Crippen LogP contribution < -0.4 is 10.0 Å². The number of urea groups is 1. The quantitative estimate of drug-likeness (QED) is 0.847. The minimum absolute atomic E-state index is 0.0971. The zero-order valence-electron chi connectivity index (χ0n) is 13.7. The largest absolute Gasteiger partial charge is 0.337 e. The van der Waals surface area contributed by atoms with Crippen molar-refractivity contribution in [3.63, 3.8) is 0 Å². The Labute approximate surface area is 143 Å². The number of fused-ring (bicyclic) bond motifs is 2. The molecule has 2 aliphatic heterocycles. The molecule has 0 radical (unpaired) electrons. The van der Waals surface area contributed by atoms with Gasteiger partial charge in [-0.05, 0) is 37.4 Å². The van der Waals surface area contributed by atoms with Gasteiger partial charge < -0.3 is 10.2 Å². The highest BCUT2D eigenvalue weighted by molar-refractivity contribution is 7.89. The number of hydrogen-bond acceptors (Lipinski definition) is 3. The molecule has 3 rings (SSSR count). The molecule has 1 aromatic rings. The van der Waals surface area contributed by atoms with Crippen molar-refractivity contribution >= 4 is 21.6 Å². The lowest BCUT2D eigenvalue weighted by Crippen LogP contribution is -2.49. The van der Waals surface area contributed by atoms with E-state index in [0.717, 1.165) is 19.3 Å². The van der Waals surface area contributed by atoms with E-state index in [9.17, 15) is 13.2 Å². The van der Waals surface area contributed by atoms with E-state index in [1.165, 1.54) is 18.2 Å². The van der Waals surface area contributed by atoms with Gasteiger partial charge in [0.15, 0.2) is 0 Å². The van der Waals surface area contributed by atoms with Gasteiger partial charge in [-0.15, -0.1) is 0 Å². The summed E-state index contributed by atoms with van der Waals surface area (Å²) in [5, 5.41) is 2.74. The fourth-order valence-corrected chi connectivity index (χ4v) is 4.07. The van der Waals surface area contributed by atoms with Crippen molar-refractivity contribution in [1.82, 2.24) is 14.9 Å². The molecule has 7 heteroatoms. The van der Waals surface area contributed by atoms with E-state index in [0.29, 0.717) is 0 Å². The highest BCUT2D eigenvalue weighted by Crippen LogP contribution is 2.38. The first-order chi connectivity index (χ1) is 11.5. The lowest BCUT2D eigenvalue weighted by atomic mass is 9.95. The summed E-state index contributed by atoms with van der Waals surface area (Å²) in [4.78, 5) is 14.3. The normalized spacial score (nSPS) is 23.0. The maximum atomic E-state index is 12.4. The highest BCUT2D eigenvalue weighted by Gasteiger charge is 2.39. The Morgan fingerprint density at radius 1 is 1.25 bits per heavy atom. The van der Waals surface area contributed by atoms with Crippen LogP contribution >= 0.6 is 0 Å². The van der Waals surface area contributed by atoms with Gasteiger partial charge in [-0.2, -0.15) is 0 Å². The Balaban J connectivity index is 1.64. The van der Waals surface area contributed by atoms with Crippen molar-refractivity contribution in [3.8, 4) is 0 Å². The summed E-state index contributed by atoms with van der Waals surface area (Å²) in [6.07, 6.45) is 4.98. The Bertz CT molecular complexity index is 731. The molecule has 24 heavy (non-hydrogen) atoms. The van der Waals surface area contributed by atoms with Crippen molar-refractivity contribution < 1.29 is 13.2 Å². The number of nitrogens with zero attached hydrogens (tertiary/aromatic N) is 1. The fraction of sp³-hybridized carbons (Fsp3) is 0.471. The second-order valence-electron chi connectivity index (χ2n) is 6.22. The molecule has 0 aliphatic carbocycles. The van der Waals surface area contributed by atoms with Gasteiger partial charge in [-0.3, -0.25) is 0 Å². The summed E-state index contributed by atoms with van der Waals surface area (Å²) in [7, 11) is -1.92. The molecule has 6 nitrogen and oxygen atoms in total. The zero-order chi connectivity index (χ0) is 17.2. The number of carbonyl (C=O) groups is 1. The predicted octanol–water partition coefficient (Wildman–Crippen LogP) is 1.57. The number of rotatable bonds is 5. The summed E-state index contributed by atoms with van der Waals surface area (Å²) in [6, 6.07) is 10.4. The van der Waals surface area contributed by atoms with Crippen LogP contribution in [0.4, 0.5) is 4.79 Å². The number of carbonyl (C=O) groups excluding carboxylic acids is 1. The second-order valence-corrected chi connectivity index (χ2v) is 8.27. The number of amides is 2. The minimum atomic E-state index is -3.30. The Morgan fingerprint density at radius 3 is 2.67 bits per heavy atom. The van der Waals surface area contributed by atoms with E-state index in [-0.39, 0.29) is 30.4 Å². The lowest BCUT2D eigenvalue weighted by Gasteiger charge is -2.34. The average Bonchev–Trinajstić information content (AvgIpc) is 2.85. The smallest absolute Gasteiger partial charge is 0.318 e. The van der Waals surface area contributed by atoms with Crippen molar-refractivity contribution in [2.45, 2.75) is 31.3 Å². The van der Waals surface area contributed by atoms with Gasteiger partial charge in [-0.25, -0.2) is 17.9 Å². The molecule has 2 aliphatic rings. The van der Waals surface area contributed by atoms with Gasteiger partial charge >= 0.3 is 6.03 Å². The van der Waals surface area contributed by atoms with Crippen LogP contribution in [-0.2, 0) is 10.0 Å². The van der Waals surface area contributed by atoms with Crippen molar-refractivity contribution in [1.29, 1.82) is 0 Å². The Morgan fingerprint density at radius 2 is 2.00 bits per heavy atom. The zero-order valence-corrected chi connectivity index (χ0v) is 14.6. The highest BCUT2D eigenvalue weighted by atomic mass is 32.2. The van der Waals surface area contributed by atoms with Gasteiger partial charge in [0.2, 0.25) is 10.0 Å².